The largest absolute Gasteiger partial charge is 0.492 e. The standard InChI is InChI=1S/C25H23Cl2N3O3S/c1-30(20-9-3-2-4-10-20)24(32)17-7-5-8-19(15-17)28-25(34)29-23(31)11-6-14-33-22-13-12-18(26)16-21(22)27/h2-5,7-10,12-13,15-16H,6,11,14H2,1H3,(H2,28,29,31,34). The number of halogens is 2. The van der Waals surface area contributed by atoms with Crippen LogP contribution in [-0.2, 0) is 4.79 Å². The van der Waals surface area contributed by atoms with Crippen LogP contribution < -0.4 is 20.3 Å². The van der Waals surface area contributed by atoms with E-state index in [9.17, 15) is 9.59 Å². The molecule has 0 heterocycles. The van der Waals surface area contributed by atoms with E-state index in [0.29, 0.717) is 40.1 Å². The summed E-state index contributed by atoms with van der Waals surface area (Å²) in [4.78, 5) is 26.6. The molecule has 0 radical (unpaired) electrons. The van der Waals surface area contributed by atoms with Gasteiger partial charge in [-0.2, -0.15) is 0 Å². The average Bonchev–Trinajstić information content (AvgIpc) is 2.82. The first kappa shape index (κ1) is 25.5. The quantitative estimate of drug-likeness (QED) is 0.286. The van der Waals surface area contributed by atoms with E-state index >= 15 is 0 Å². The first-order valence-electron chi connectivity index (χ1n) is 10.5. The number of carbonyl (C=O) groups excluding carboxylic acids is 2. The van der Waals surface area contributed by atoms with E-state index in [1.807, 2.05) is 30.3 Å². The highest BCUT2D eigenvalue weighted by molar-refractivity contribution is 7.80. The van der Waals surface area contributed by atoms with Gasteiger partial charge in [-0.3, -0.25) is 9.59 Å². The molecule has 0 saturated heterocycles. The molecule has 0 unspecified atom stereocenters. The van der Waals surface area contributed by atoms with Crippen LogP contribution in [0, 0.1) is 0 Å². The molecule has 3 aromatic rings. The Bertz CT molecular complexity index is 1180. The fourth-order valence-corrected chi connectivity index (χ4v) is 3.75. The third-order valence-corrected chi connectivity index (χ3v) is 5.50. The third-order valence-electron chi connectivity index (χ3n) is 4.77. The zero-order valence-corrected chi connectivity index (χ0v) is 20.7. The van der Waals surface area contributed by atoms with Gasteiger partial charge in [0, 0.05) is 35.4 Å². The highest BCUT2D eigenvalue weighted by Gasteiger charge is 2.14. The van der Waals surface area contributed by atoms with Crippen molar-refractivity contribution in [2.24, 2.45) is 0 Å². The Labute approximate surface area is 213 Å². The summed E-state index contributed by atoms with van der Waals surface area (Å²) in [5.41, 5.74) is 1.87. The van der Waals surface area contributed by atoms with Crippen LogP contribution in [-0.4, -0.2) is 30.6 Å². The molecule has 0 saturated carbocycles. The summed E-state index contributed by atoms with van der Waals surface area (Å²) < 4.78 is 5.57. The van der Waals surface area contributed by atoms with Crippen LogP contribution in [0.3, 0.4) is 0 Å². The number of hydrogen-bond acceptors (Lipinski definition) is 4. The summed E-state index contributed by atoms with van der Waals surface area (Å²) >= 11 is 17.2. The number of nitrogens with one attached hydrogen (secondary N) is 2. The van der Waals surface area contributed by atoms with E-state index in [1.54, 1.807) is 54.4 Å². The molecule has 0 aliphatic rings. The lowest BCUT2D eigenvalue weighted by molar-refractivity contribution is -0.119. The lowest BCUT2D eigenvalue weighted by atomic mass is 10.1. The Morgan fingerprint density at radius 3 is 2.50 bits per heavy atom. The van der Waals surface area contributed by atoms with Gasteiger partial charge >= 0.3 is 0 Å². The predicted octanol–water partition coefficient (Wildman–Crippen LogP) is 5.94. The lowest BCUT2D eigenvalue weighted by Gasteiger charge is -2.18. The van der Waals surface area contributed by atoms with Crippen LogP contribution in [0.5, 0.6) is 5.75 Å². The number of hydrogen-bond donors (Lipinski definition) is 2. The van der Waals surface area contributed by atoms with Gasteiger partial charge in [0.05, 0.1) is 11.6 Å². The highest BCUT2D eigenvalue weighted by atomic mass is 35.5. The molecule has 2 amide bonds. The molecule has 0 atom stereocenters. The van der Waals surface area contributed by atoms with Crippen molar-refractivity contribution in [1.29, 1.82) is 0 Å². The molecule has 0 fully saturated rings. The fourth-order valence-electron chi connectivity index (χ4n) is 3.05. The van der Waals surface area contributed by atoms with Crippen molar-refractivity contribution in [3.63, 3.8) is 0 Å². The molecule has 0 bridgehead atoms. The molecule has 0 spiro atoms. The normalized spacial score (nSPS) is 10.3. The number of ether oxygens (including phenoxy) is 1. The maximum absolute atomic E-state index is 12.8. The number of carbonyl (C=O) groups is 2. The molecular weight excluding hydrogens is 493 g/mol. The van der Waals surface area contributed by atoms with Gasteiger partial charge in [-0.1, -0.05) is 47.5 Å². The zero-order chi connectivity index (χ0) is 24.5. The molecule has 2 N–H and O–H groups in total. The van der Waals surface area contributed by atoms with Crippen molar-refractivity contribution in [3.8, 4) is 5.75 Å². The van der Waals surface area contributed by atoms with Crippen molar-refractivity contribution >= 4 is 63.7 Å². The van der Waals surface area contributed by atoms with Crippen molar-refractivity contribution in [2.45, 2.75) is 12.8 Å². The van der Waals surface area contributed by atoms with Crippen LogP contribution >= 0.6 is 35.4 Å². The van der Waals surface area contributed by atoms with E-state index in [2.05, 4.69) is 10.6 Å². The minimum absolute atomic E-state index is 0.146. The van der Waals surface area contributed by atoms with Gasteiger partial charge < -0.3 is 20.3 Å². The number of thiocarbonyl (C=S) groups is 1. The van der Waals surface area contributed by atoms with Gasteiger partial charge in [0.2, 0.25) is 5.91 Å². The summed E-state index contributed by atoms with van der Waals surface area (Å²) in [7, 11) is 1.72. The third kappa shape index (κ3) is 7.45. The number of para-hydroxylation sites is 1. The van der Waals surface area contributed by atoms with Gasteiger partial charge in [-0.05, 0) is 67.2 Å². The first-order chi connectivity index (χ1) is 16.3. The van der Waals surface area contributed by atoms with Crippen molar-refractivity contribution in [3.05, 3.63) is 88.4 Å². The lowest BCUT2D eigenvalue weighted by Crippen LogP contribution is -2.34. The van der Waals surface area contributed by atoms with Crippen LogP contribution in [0.2, 0.25) is 10.0 Å². The second-order valence-corrected chi connectivity index (χ2v) is 8.56. The summed E-state index contributed by atoms with van der Waals surface area (Å²) in [6, 6.07) is 21.2. The van der Waals surface area contributed by atoms with E-state index in [0.717, 1.165) is 5.69 Å². The number of nitrogens with zero attached hydrogens (tertiary/aromatic N) is 1. The zero-order valence-electron chi connectivity index (χ0n) is 18.4. The average molecular weight is 516 g/mol. The molecular formula is C25H23Cl2N3O3S. The van der Waals surface area contributed by atoms with Crippen LogP contribution in [0.4, 0.5) is 11.4 Å². The summed E-state index contributed by atoms with van der Waals surface area (Å²) in [6.45, 7) is 0.314. The van der Waals surface area contributed by atoms with Crippen molar-refractivity contribution < 1.29 is 14.3 Å². The van der Waals surface area contributed by atoms with Gasteiger partial charge in [-0.15, -0.1) is 0 Å². The van der Waals surface area contributed by atoms with Crippen molar-refractivity contribution in [1.82, 2.24) is 5.32 Å². The SMILES string of the molecule is CN(C(=O)c1cccc(NC(=S)NC(=O)CCCOc2ccc(Cl)cc2Cl)c1)c1ccccc1. The van der Waals surface area contributed by atoms with Crippen LogP contribution in [0.25, 0.3) is 0 Å². The monoisotopic (exact) mass is 515 g/mol. The van der Waals surface area contributed by atoms with E-state index in [-0.39, 0.29) is 23.3 Å². The molecule has 3 rings (SSSR count). The van der Waals surface area contributed by atoms with E-state index < -0.39 is 0 Å². The van der Waals surface area contributed by atoms with Gasteiger partial charge in [-0.25, -0.2) is 0 Å². The number of anilines is 2. The maximum atomic E-state index is 12.8. The van der Waals surface area contributed by atoms with E-state index in [1.165, 1.54) is 0 Å². The summed E-state index contributed by atoms with van der Waals surface area (Å²) in [5.74, 6) is 0.0981. The minimum Gasteiger partial charge on any atom is -0.492 e. The Balaban J connectivity index is 1.46. The Morgan fingerprint density at radius 2 is 1.76 bits per heavy atom. The topological polar surface area (TPSA) is 70.7 Å². The Morgan fingerprint density at radius 1 is 1.00 bits per heavy atom. The molecule has 0 aromatic heterocycles. The molecule has 0 aliphatic carbocycles. The van der Waals surface area contributed by atoms with Crippen LogP contribution in [0.15, 0.2) is 72.8 Å². The number of benzene rings is 3. The molecule has 6 nitrogen and oxygen atoms in total. The van der Waals surface area contributed by atoms with Crippen LogP contribution in [0.1, 0.15) is 23.2 Å². The number of amides is 2. The molecule has 3 aromatic carbocycles. The second-order valence-electron chi connectivity index (χ2n) is 7.31. The minimum atomic E-state index is -0.251. The smallest absolute Gasteiger partial charge is 0.258 e. The van der Waals surface area contributed by atoms with Gasteiger partial charge in [0.25, 0.3) is 5.91 Å². The maximum Gasteiger partial charge on any atom is 0.258 e. The highest BCUT2D eigenvalue weighted by Crippen LogP contribution is 2.27. The molecule has 9 heteroatoms. The van der Waals surface area contributed by atoms with E-state index in [4.69, 9.17) is 40.2 Å². The van der Waals surface area contributed by atoms with Gasteiger partial charge in [0.15, 0.2) is 5.11 Å². The van der Waals surface area contributed by atoms with Gasteiger partial charge in [0.1, 0.15) is 5.75 Å². The summed E-state index contributed by atoms with van der Waals surface area (Å²) in [5, 5.41) is 6.66. The number of rotatable bonds is 8. The second kappa shape index (κ2) is 12.4. The summed E-state index contributed by atoms with van der Waals surface area (Å²) in [6.07, 6.45) is 0.691. The first-order valence-corrected chi connectivity index (χ1v) is 11.6. The molecule has 176 valence electrons. The molecule has 34 heavy (non-hydrogen) atoms. The predicted molar refractivity (Wildman–Crippen MR) is 141 cm³/mol. The Hall–Kier alpha value is -3.13. The Kier molecular flexibility index (Phi) is 9.27. The fraction of sp³-hybridized carbons (Fsp3) is 0.160. The van der Waals surface area contributed by atoms with Crippen molar-refractivity contribution in [2.75, 3.05) is 23.9 Å². The molecule has 0 aliphatic heterocycles.